The second kappa shape index (κ2) is 8.69. The zero-order valence-corrected chi connectivity index (χ0v) is 13.7. The van der Waals surface area contributed by atoms with Gasteiger partial charge in [-0.15, -0.1) is 0 Å². The van der Waals surface area contributed by atoms with Crippen LogP contribution in [0, 0.1) is 0 Å². The van der Waals surface area contributed by atoms with Gasteiger partial charge in [-0.3, -0.25) is 9.59 Å². The maximum atomic E-state index is 11.7. The molecule has 0 bridgehead atoms. The summed E-state index contributed by atoms with van der Waals surface area (Å²) in [7, 11) is 1.58. The molecule has 0 fully saturated rings. The third-order valence-electron chi connectivity index (χ3n) is 3.07. The molecule has 2 N–H and O–H groups in total. The number of methoxy groups -OCH3 is 1. The van der Waals surface area contributed by atoms with Crippen molar-refractivity contribution in [1.82, 2.24) is 10.7 Å². The lowest BCUT2D eigenvalue weighted by Gasteiger charge is -2.04. The molecule has 0 saturated carbocycles. The second-order valence-corrected chi connectivity index (χ2v) is 5.22. The standard InChI is InChI=1S/C17H16ClN3O3/c1-24-15-8-4-13(5-9-15)11-20-21-17(23)16(22)19-10-12-2-6-14(18)7-3-12/h2-9,11H,10H2,1H3,(H,19,22)(H,21,23)/b20-11-. The fourth-order valence-corrected chi connectivity index (χ4v) is 1.90. The third-order valence-corrected chi connectivity index (χ3v) is 3.32. The molecule has 2 amide bonds. The predicted octanol–water partition coefficient (Wildman–Crippen LogP) is 2.12. The number of carbonyl (C=O) groups is 2. The van der Waals surface area contributed by atoms with Gasteiger partial charge in [0.1, 0.15) is 5.75 Å². The first-order valence-corrected chi connectivity index (χ1v) is 7.46. The molecular formula is C17H16ClN3O3. The molecule has 0 aliphatic rings. The maximum Gasteiger partial charge on any atom is 0.329 e. The average molecular weight is 346 g/mol. The molecule has 0 atom stereocenters. The molecule has 0 unspecified atom stereocenters. The molecule has 24 heavy (non-hydrogen) atoms. The molecular weight excluding hydrogens is 330 g/mol. The minimum Gasteiger partial charge on any atom is -0.497 e. The predicted molar refractivity (Wildman–Crippen MR) is 92.0 cm³/mol. The molecule has 6 nitrogen and oxygen atoms in total. The van der Waals surface area contributed by atoms with Crippen molar-refractivity contribution in [2.75, 3.05) is 7.11 Å². The number of hydrogen-bond donors (Lipinski definition) is 2. The van der Waals surface area contributed by atoms with E-state index in [-0.39, 0.29) is 6.54 Å². The van der Waals surface area contributed by atoms with Crippen LogP contribution in [-0.4, -0.2) is 25.1 Å². The first kappa shape index (κ1) is 17.5. The number of hydrogen-bond acceptors (Lipinski definition) is 4. The number of amides is 2. The summed E-state index contributed by atoms with van der Waals surface area (Å²) in [5, 5.41) is 6.85. The van der Waals surface area contributed by atoms with Crippen LogP contribution in [0.1, 0.15) is 11.1 Å². The summed E-state index contributed by atoms with van der Waals surface area (Å²) >= 11 is 5.78. The van der Waals surface area contributed by atoms with E-state index in [4.69, 9.17) is 16.3 Å². The minimum absolute atomic E-state index is 0.228. The van der Waals surface area contributed by atoms with Gasteiger partial charge in [-0.05, 0) is 47.5 Å². The topological polar surface area (TPSA) is 79.8 Å². The second-order valence-electron chi connectivity index (χ2n) is 4.78. The number of halogens is 1. The summed E-state index contributed by atoms with van der Waals surface area (Å²) in [5.74, 6) is -0.886. The van der Waals surface area contributed by atoms with Gasteiger partial charge in [-0.2, -0.15) is 5.10 Å². The molecule has 2 rings (SSSR count). The van der Waals surface area contributed by atoms with Gasteiger partial charge in [0.05, 0.1) is 13.3 Å². The highest BCUT2D eigenvalue weighted by Crippen LogP contribution is 2.10. The van der Waals surface area contributed by atoms with Crippen LogP contribution in [0.3, 0.4) is 0 Å². The Morgan fingerprint density at radius 1 is 1.08 bits per heavy atom. The van der Waals surface area contributed by atoms with Gasteiger partial charge >= 0.3 is 11.8 Å². The smallest absolute Gasteiger partial charge is 0.329 e. The van der Waals surface area contributed by atoms with Crippen LogP contribution in [0.5, 0.6) is 5.75 Å². The molecule has 0 aromatic heterocycles. The van der Waals surface area contributed by atoms with E-state index in [0.29, 0.717) is 5.02 Å². The van der Waals surface area contributed by atoms with Gasteiger partial charge in [-0.25, -0.2) is 5.43 Å². The number of nitrogens with zero attached hydrogens (tertiary/aromatic N) is 1. The molecule has 0 aliphatic heterocycles. The van der Waals surface area contributed by atoms with Crippen LogP contribution < -0.4 is 15.5 Å². The zero-order valence-electron chi connectivity index (χ0n) is 13.0. The number of rotatable bonds is 5. The Morgan fingerprint density at radius 3 is 2.38 bits per heavy atom. The molecule has 0 saturated heterocycles. The molecule has 2 aromatic carbocycles. The van der Waals surface area contributed by atoms with Gasteiger partial charge in [0, 0.05) is 11.6 Å². The SMILES string of the molecule is COc1ccc(/C=N\NC(=O)C(=O)NCc2ccc(Cl)cc2)cc1. The monoisotopic (exact) mass is 345 g/mol. The van der Waals surface area contributed by atoms with Gasteiger partial charge < -0.3 is 10.1 Å². The van der Waals surface area contributed by atoms with Crippen LogP contribution in [-0.2, 0) is 16.1 Å². The van der Waals surface area contributed by atoms with E-state index in [1.807, 2.05) is 0 Å². The minimum atomic E-state index is -0.839. The van der Waals surface area contributed by atoms with E-state index in [1.54, 1.807) is 55.6 Å². The van der Waals surface area contributed by atoms with Crippen molar-refractivity contribution in [1.29, 1.82) is 0 Å². The number of nitrogens with one attached hydrogen (secondary N) is 2. The maximum absolute atomic E-state index is 11.7. The first-order chi connectivity index (χ1) is 11.6. The number of benzene rings is 2. The van der Waals surface area contributed by atoms with E-state index in [0.717, 1.165) is 16.9 Å². The summed E-state index contributed by atoms with van der Waals surface area (Å²) in [5.41, 5.74) is 3.77. The molecule has 7 heteroatoms. The summed E-state index contributed by atoms with van der Waals surface area (Å²) in [6.07, 6.45) is 1.43. The van der Waals surface area contributed by atoms with Crippen LogP contribution >= 0.6 is 11.6 Å². The van der Waals surface area contributed by atoms with Crippen LogP contribution in [0.15, 0.2) is 53.6 Å². The molecule has 0 heterocycles. The van der Waals surface area contributed by atoms with Crippen LogP contribution in [0.4, 0.5) is 0 Å². The Hall–Kier alpha value is -2.86. The number of carbonyl (C=O) groups excluding carboxylic acids is 2. The fourth-order valence-electron chi connectivity index (χ4n) is 1.77. The van der Waals surface area contributed by atoms with Crippen LogP contribution in [0.2, 0.25) is 5.02 Å². The van der Waals surface area contributed by atoms with Crippen LogP contribution in [0.25, 0.3) is 0 Å². The van der Waals surface area contributed by atoms with Crippen molar-refractivity contribution < 1.29 is 14.3 Å². The highest BCUT2D eigenvalue weighted by Gasteiger charge is 2.11. The molecule has 0 aliphatic carbocycles. The first-order valence-electron chi connectivity index (χ1n) is 7.08. The summed E-state index contributed by atoms with van der Waals surface area (Å²) in [6.45, 7) is 0.228. The average Bonchev–Trinajstić information content (AvgIpc) is 2.61. The number of ether oxygens (including phenoxy) is 1. The summed E-state index contributed by atoms with van der Waals surface area (Å²) < 4.78 is 5.04. The zero-order chi connectivity index (χ0) is 17.4. The highest BCUT2D eigenvalue weighted by atomic mass is 35.5. The van der Waals surface area contributed by atoms with Crippen molar-refractivity contribution in [2.24, 2.45) is 5.10 Å². The summed E-state index contributed by atoms with van der Waals surface area (Å²) in [6, 6.07) is 14.0. The van der Waals surface area contributed by atoms with E-state index in [2.05, 4.69) is 15.8 Å². The normalized spacial score (nSPS) is 10.4. The lowest BCUT2D eigenvalue weighted by atomic mass is 10.2. The van der Waals surface area contributed by atoms with Crippen molar-refractivity contribution in [3.8, 4) is 5.75 Å². The van der Waals surface area contributed by atoms with Crippen molar-refractivity contribution in [3.05, 3.63) is 64.7 Å². The van der Waals surface area contributed by atoms with E-state index in [9.17, 15) is 9.59 Å². The van der Waals surface area contributed by atoms with E-state index < -0.39 is 11.8 Å². The number of hydrazone groups is 1. The molecule has 0 radical (unpaired) electrons. The van der Waals surface area contributed by atoms with Crippen molar-refractivity contribution in [2.45, 2.75) is 6.54 Å². The molecule has 2 aromatic rings. The molecule has 124 valence electrons. The largest absolute Gasteiger partial charge is 0.497 e. The van der Waals surface area contributed by atoms with Gasteiger partial charge in [0.25, 0.3) is 0 Å². The summed E-state index contributed by atoms with van der Waals surface area (Å²) in [4.78, 5) is 23.3. The van der Waals surface area contributed by atoms with Crippen molar-refractivity contribution >= 4 is 29.6 Å². The lowest BCUT2D eigenvalue weighted by molar-refractivity contribution is -0.139. The van der Waals surface area contributed by atoms with Gasteiger partial charge in [-0.1, -0.05) is 23.7 Å². The third kappa shape index (κ3) is 5.40. The van der Waals surface area contributed by atoms with Gasteiger partial charge in [0.2, 0.25) is 0 Å². The van der Waals surface area contributed by atoms with E-state index >= 15 is 0 Å². The highest BCUT2D eigenvalue weighted by molar-refractivity contribution is 6.35. The Balaban J connectivity index is 1.79. The Kier molecular flexibility index (Phi) is 6.33. The quantitative estimate of drug-likeness (QED) is 0.495. The Labute approximate surface area is 144 Å². The Bertz CT molecular complexity index is 728. The van der Waals surface area contributed by atoms with Crippen molar-refractivity contribution in [3.63, 3.8) is 0 Å². The Morgan fingerprint density at radius 2 is 1.75 bits per heavy atom. The van der Waals surface area contributed by atoms with E-state index in [1.165, 1.54) is 6.21 Å². The molecule has 0 spiro atoms. The fraction of sp³-hybridized carbons (Fsp3) is 0.118. The lowest BCUT2D eigenvalue weighted by Crippen LogP contribution is -2.37. The van der Waals surface area contributed by atoms with Gasteiger partial charge in [0.15, 0.2) is 0 Å².